The van der Waals surface area contributed by atoms with Gasteiger partial charge < -0.3 is 10.1 Å². The Labute approximate surface area is 138 Å². The van der Waals surface area contributed by atoms with E-state index in [1.807, 2.05) is 12.1 Å². The molecule has 1 N–H and O–H groups in total. The lowest BCUT2D eigenvalue weighted by molar-refractivity contribution is -0.122. The predicted octanol–water partition coefficient (Wildman–Crippen LogP) is 4.76. The Kier molecular flexibility index (Phi) is 5.36. The standard InChI is InChI=1S/C15H12Br2FNO2/c1-9(21-14-7-6-10(16)8-11(14)17)15(20)19-13-5-3-2-4-12(13)18/h2-9H,1H3,(H,19,20)/t9-/m0/s1. The number of carbonyl (C=O) groups is 1. The van der Waals surface area contributed by atoms with Crippen molar-refractivity contribution in [1.29, 1.82) is 0 Å². The molecule has 0 aromatic heterocycles. The highest BCUT2D eigenvalue weighted by Gasteiger charge is 2.17. The van der Waals surface area contributed by atoms with Crippen molar-refractivity contribution in [3.63, 3.8) is 0 Å². The van der Waals surface area contributed by atoms with Gasteiger partial charge in [0.05, 0.1) is 10.2 Å². The van der Waals surface area contributed by atoms with Crippen LogP contribution in [0.5, 0.6) is 5.75 Å². The Bertz CT molecular complexity index is 664. The summed E-state index contributed by atoms with van der Waals surface area (Å²) in [6.07, 6.45) is -0.762. The highest BCUT2D eigenvalue weighted by Crippen LogP contribution is 2.29. The van der Waals surface area contributed by atoms with Crippen molar-refractivity contribution in [3.05, 3.63) is 57.2 Å². The normalized spacial score (nSPS) is 11.8. The summed E-state index contributed by atoms with van der Waals surface area (Å²) < 4.78 is 20.7. The molecule has 0 saturated carbocycles. The summed E-state index contributed by atoms with van der Waals surface area (Å²) in [5, 5.41) is 2.50. The summed E-state index contributed by atoms with van der Waals surface area (Å²) in [5.74, 6) is -0.368. The number of rotatable bonds is 4. The lowest BCUT2D eigenvalue weighted by Crippen LogP contribution is -2.30. The van der Waals surface area contributed by atoms with E-state index in [4.69, 9.17) is 4.74 Å². The first-order chi connectivity index (χ1) is 9.97. The van der Waals surface area contributed by atoms with Gasteiger partial charge in [-0.15, -0.1) is 0 Å². The van der Waals surface area contributed by atoms with Crippen LogP contribution < -0.4 is 10.1 Å². The van der Waals surface area contributed by atoms with Crippen LogP contribution in [0.3, 0.4) is 0 Å². The summed E-state index contributed by atoms with van der Waals surface area (Å²) >= 11 is 6.69. The molecule has 2 rings (SSSR count). The van der Waals surface area contributed by atoms with E-state index in [0.29, 0.717) is 5.75 Å². The predicted molar refractivity (Wildman–Crippen MR) is 87.0 cm³/mol. The Morgan fingerprint density at radius 3 is 2.62 bits per heavy atom. The number of amides is 1. The van der Waals surface area contributed by atoms with Crippen molar-refractivity contribution < 1.29 is 13.9 Å². The third-order valence-corrected chi connectivity index (χ3v) is 3.81. The van der Waals surface area contributed by atoms with Gasteiger partial charge in [0.1, 0.15) is 11.6 Å². The van der Waals surface area contributed by atoms with E-state index in [2.05, 4.69) is 37.2 Å². The molecule has 0 bridgehead atoms. The highest BCUT2D eigenvalue weighted by atomic mass is 79.9. The lowest BCUT2D eigenvalue weighted by Gasteiger charge is -2.16. The fraction of sp³-hybridized carbons (Fsp3) is 0.133. The van der Waals surface area contributed by atoms with E-state index >= 15 is 0 Å². The molecule has 0 aliphatic rings. The highest BCUT2D eigenvalue weighted by molar-refractivity contribution is 9.11. The van der Waals surface area contributed by atoms with E-state index in [1.54, 1.807) is 25.1 Å². The summed E-state index contributed by atoms with van der Waals surface area (Å²) in [6, 6.07) is 11.3. The maximum absolute atomic E-state index is 13.5. The van der Waals surface area contributed by atoms with Gasteiger partial charge in [-0.3, -0.25) is 4.79 Å². The molecule has 0 aliphatic heterocycles. The molecule has 6 heteroatoms. The molecule has 0 aliphatic carbocycles. The third-order valence-electron chi connectivity index (χ3n) is 2.70. The molecule has 2 aromatic rings. The molecule has 0 unspecified atom stereocenters. The Morgan fingerprint density at radius 2 is 1.95 bits per heavy atom. The number of anilines is 1. The Morgan fingerprint density at radius 1 is 1.24 bits per heavy atom. The fourth-order valence-electron chi connectivity index (χ4n) is 1.61. The zero-order valence-corrected chi connectivity index (χ0v) is 14.2. The van der Waals surface area contributed by atoms with Crippen LogP contribution in [0.15, 0.2) is 51.4 Å². The second-order valence-electron chi connectivity index (χ2n) is 4.30. The monoisotopic (exact) mass is 415 g/mol. The van der Waals surface area contributed by atoms with Crippen molar-refractivity contribution in [3.8, 4) is 5.75 Å². The molecule has 0 heterocycles. The first kappa shape index (κ1) is 16.0. The molecule has 21 heavy (non-hydrogen) atoms. The van der Waals surface area contributed by atoms with Crippen molar-refractivity contribution in [2.75, 3.05) is 5.32 Å². The number of ether oxygens (including phenoxy) is 1. The van der Waals surface area contributed by atoms with E-state index < -0.39 is 17.8 Å². The van der Waals surface area contributed by atoms with Crippen molar-refractivity contribution in [2.24, 2.45) is 0 Å². The summed E-state index contributed by atoms with van der Waals surface area (Å²) in [6.45, 7) is 1.60. The molecule has 2 aromatic carbocycles. The third kappa shape index (κ3) is 4.28. The first-order valence-corrected chi connectivity index (χ1v) is 7.73. The first-order valence-electron chi connectivity index (χ1n) is 6.14. The number of para-hydroxylation sites is 1. The van der Waals surface area contributed by atoms with E-state index in [1.165, 1.54) is 12.1 Å². The molecule has 1 amide bonds. The molecular weight excluding hydrogens is 405 g/mol. The molecule has 0 fully saturated rings. The average molecular weight is 417 g/mol. The van der Waals surface area contributed by atoms with Crippen LogP contribution in [0.4, 0.5) is 10.1 Å². The summed E-state index contributed by atoms with van der Waals surface area (Å²) in [7, 11) is 0. The number of benzene rings is 2. The molecule has 1 atom stereocenters. The number of halogens is 3. The number of nitrogens with one attached hydrogen (secondary N) is 1. The zero-order chi connectivity index (χ0) is 15.4. The van der Waals surface area contributed by atoms with Gasteiger partial charge in [-0.1, -0.05) is 28.1 Å². The van der Waals surface area contributed by atoms with Gasteiger partial charge in [-0.05, 0) is 53.2 Å². The second-order valence-corrected chi connectivity index (χ2v) is 6.07. The number of hydrogen-bond acceptors (Lipinski definition) is 2. The van der Waals surface area contributed by atoms with Crippen LogP contribution in [0.1, 0.15) is 6.92 Å². The van der Waals surface area contributed by atoms with E-state index in [9.17, 15) is 9.18 Å². The van der Waals surface area contributed by atoms with Gasteiger partial charge in [-0.25, -0.2) is 4.39 Å². The minimum Gasteiger partial charge on any atom is -0.480 e. The van der Waals surface area contributed by atoms with Gasteiger partial charge in [0.25, 0.3) is 5.91 Å². The number of carbonyl (C=O) groups excluding carboxylic acids is 1. The molecule has 110 valence electrons. The average Bonchev–Trinajstić information content (AvgIpc) is 2.44. The van der Waals surface area contributed by atoms with Crippen molar-refractivity contribution in [1.82, 2.24) is 0 Å². The maximum atomic E-state index is 13.5. The minimum absolute atomic E-state index is 0.132. The summed E-state index contributed by atoms with van der Waals surface area (Å²) in [4.78, 5) is 12.0. The minimum atomic E-state index is -0.762. The van der Waals surface area contributed by atoms with Gasteiger partial charge >= 0.3 is 0 Å². The van der Waals surface area contributed by atoms with Gasteiger partial charge in [0, 0.05) is 4.47 Å². The van der Waals surface area contributed by atoms with Crippen molar-refractivity contribution >= 4 is 43.5 Å². The van der Waals surface area contributed by atoms with E-state index in [-0.39, 0.29) is 5.69 Å². The van der Waals surface area contributed by atoms with Crippen LogP contribution in [-0.4, -0.2) is 12.0 Å². The molecule has 0 radical (unpaired) electrons. The van der Waals surface area contributed by atoms with Crippen LogP contribution in [0, 0.1) is 5.82 Å². The molecule has 3 nitrogen and oxygen atoms in total. The molecule has 0 spiro atoms. The Balaban J connectivity index is 2.04. The van der Waals surface area contributed by atoms with Crippen LogP contribution in [-0.2, 0) is 4.79 Å². The van der Waals surface area contributed by atoms with Gasteiger partial charge in [0.15, 0.2) is 6.10 Å². The molecular formula is C15H12Br2FNO2. The largest absolute Gasteiger partial charge is 0.480 e. The summed E-state index contributed by atoms with van der Waals surface area (Å²) in [5.41, 5.74) is 0.132. The Hall–Kier alpha value is -1.40. The maximum Gasteiger partial charge on any atom is 0.265 e. The fourth-order valence-corrected chi connectivity index (χ4v) is 2.75. The van der Waals surface area contributed by atoms with Crippen LogP contribution in [0.25, 0.3) is 0 Å². The van der Waals surface area contributed by atoms with Gasteiger partial charge in [0.2, 0.25) is 0 Å². The second kappa shape index (κ2) is 7.04. The van der Waals surface area contributed by atoms with E-state index in [0.717, 1.165) is 8.95 Å². The zero-order valence-electron chi connectivity index (χ0n) is 11.1. The topological polar surface area (TPSA) is 38.3 Å². The van der Waals surface area contributed by atoms with Crippen molar-refractivity contribution in [2.45, 2.75) is 13.0 Å². The molecule has 0 saturated heterocycles. The number of hydrogen-bond donors (Lipinski definition) is 1. The quantitative estimate of drug-likeness (QED) is 0.780. The van der Waals surface area contributed by atoms with Crippen LogP contribution in [0.2, 0.25) is 0 Å². The van der Waals surface area contributed by atoms with Crippen LogP contribution >= 0.6 is 31.9 Å². The van der Waals surface area contributed by atoms with Gasteiger partial charge in [-0.2, -0.15) is 0 Å². The lowest BCUT2D eigenvalue weighted by atomic mass is 10.3. The smallest absolute Gasteiger partial charge is 0.265 e. The SMILES string of the molecule is C[C@H](Oc1ccc(Br)cc1Br)C(=O)Nc1ccccc1F.